The minimum absolute atomic E-state index is 0.373. The van der Waals surface area contributed by atoms with Gasteiger partial charge in [-0.05, 0) is 56.5 Å². The van der Waals surface area contributed by atoms with Crippen LogP contribution in [-0.4, -0.2) is 17.3 Å². The van der Waals surface area contributed by atoms with Crippen molar-refractivity contribution in [1.29, 1.82) is 0 Å². The zero-order chi connectivity index (χ0) is 18.4. The van der Waals surface area contributed by atoms with Crippen LogP contribution in [0, 0.1) is 13.8 Å². The Morgan fingerprint density at radius 3 is 1.92 bits per heavy atom. The molecule has 0 aliphatic carbocycles. The third kappa shape index (κ3) is 5.57. The molecule has 0 radical (unpaired) electrons. The lowest BCUT2D eigenvalue weighted by molar-refractivity contribution is 0.989. The summed E-state index contributed by atoms with van der Waals surface area (Å²) in [6.45, 7) is 13.3. The maximum Gasteiger partial charge on any atom is 0.204 e. The van der Waals surface area contributed by atoms with E-state index in [2.05, 4.69) is 82.3 Å². The van der Waals surface area contributed by atoms with E-state index in [1.807, 2.05) is 18.2 Å². The highest BCUT2D eigenvalue weighted by atomic mass is 31.1. The number of hydrogen-bond acceptors (Lipinski definition) is 1. The number of aryl methyl sites for hydroxylation is 2. The number of aliphatic imine (C=N–C) groups is 1. The summed E-state index contributed by atoms with van der Waals surface area (Å²) >= 11 is 0. The van der Waals surface area contributed by atoms with E-state index in [-0.39, 0.29) is 8.07 Å². The molecule has 0 spiro atoms. The fraction of sp³-hybridized carbons (Fsp3) is 0.381. The molecule has 0 aliphatic rings. The molecule has 0 bridgehead atoms. The van der Waals surface area contributed by atoms with Crippen molar-refractivity contribution >= 4 is 25.4 Å². The maximum atomic E-state index is 4.97. The van der Waals surface area contributed by atoms with Crippen LogP contribution < -0.4 is 10.4 Å². The molecule has 0 amide bonds. The molecular weight excluding hydrogens is 325 g/mol. The van der Waals surface area contributed by atoms with Crippen LogP contribution in [0.25, 0.3) is 0 Å². The van der Waals surface area contributed by atoms with Crippen molar-refractivity contribution in [2.24, 2.45) is 4.99 Å². The van der Waals surface area contributed by atoms with Crippen LogP contribution in [-0.2, 0) is 0 Å². The van der Waals surface area contributed by atoms with Gasteiger partial charge in [0.1, 0.15) is 0 Å². The summed E-state index contributed by atoms with van der Waals surface area (Å²) < 4.78 is 0. The third-order valence-electron chi connectivity index (χ3n) is 4.05. The number of para-hydroxylation sites is 2. The molecule has 25 heavy (non-hydrogen) atoms. The van der Waals surface area contributed by atoms with Crippen LogP contribution in [0.4, 0.5) is 11.4 Å². The highest BCUT2D eigenvalue weighted by molar-refractivity contribution is 7.57. The van der Waals surface area contributed by atoms with Crippen molar-refractivity contribution in [1.82, 2.24) is 5.09 Å². The molecule has 2 rings (SSSR count). The third-order valence-corrected chi connectivity index (χ3v) is 6.74. The summed E-state index contributed by atoms with van der Waals surface area (Å²) in [5.74, 6) is 0.831. The van der Waals surface area contributed by atoms with Gasteiger partial charge in [0.2, 0.25) is 5.96 Å². The van der Waals surface area contributed by atoms with E-state index in [0.29, 0.717) is 11.3 Å². The van der Waals surface area contributed by atoms with Gasteiger partial charge in [-0.2, -0.15) is 0 Å². The number of benzene rings is 2. The highest BCUT2D eigenvalue weighted by Gasteiger charge is 2.19. The first-order valence-corrected chi connectivity index (χ1v) is 10.4. The predicted molar refractivity (Wildman–Crippen MR) is 113 cm³/mol. The molecule has 0 unspecified atom stereocenters. The Kier molecular flexibility index (Phi) is 7.01. The number of nitrogens with one attached hydrogen (secondary N) is 2. The molecule has 0 fully saturated rings. The molecule has 4 heteroatoms. The monoisotopic (exact) mass is 355 g/mol. The zero-order valence-corrected chi connectivity index (χ0v) is 17.1. The van der Waals surface area contributed by atoms with E-state index in [0.717, 1.165) is 17.3 Å². The van der Waals surface area contributed by atoms with Crippen molar-refractivity contribution in [3.63, 3.8) is 0 Å². The van der Waals surface area contributed by atoms with E-state index >= 15 is 0 Å². The van der Waals surface area contributed by atoms with Crippen LogP contribution in [0.3, 0.4) is 0 Å². The fourth-order valence-corrected chi connectivity index (χ4v) is 4.87. The molecule has 0 aromatic heterocycles. The number of nitrogens with zero attached hydrogens (tertiary/aromatic N) is 1. The zero-order valence-electron chi connectivity index (χ0n) is 16.2. The Labute approximate surface area is 153 Å². The van der Waals surface area contributed by atoms with Crippen molar-refractivity contribution in [3.05, 3.63) is 59.7 Å². The second kappa shape index (κ2) is 9.01. The first kappa shape index (κ1) is 19.5. The lowest BCUT2D eigenvalue weighted by atomic mass is 10.1. The summed E-state index contributed by atoms with van der Waals surface area (Å²) in [6, 6.07) is 16.5. The fourth-order valence-electron chi connectivity index (χ4n) is 2.81. The van der Waals surface area contributed by atoms with Gasteiger partial charge in [0.05, 0.1) is 5.69 Å². The summed E-state index contributed by atoms with van der Waals surface area (Å²) in [6.07, 6.45) is 0. The molecule has 2 N–H and O–H groups in total. The van der Waals surface area contributed by atoms with Crippen molar-refractivity contribution < 1.29 is 0 Å². The molecular formula is C21H30N3P. The van der Waals surface area contributed by atoms with Gasteiger partial charge in [-0.1, -0.05) is 64.1 Å². The Hall–Kier alpha value is -1.86. The molecule has 0 aliphatic heterocycles. The Morgan fingerprint density at radius 1 is 0.840 bits per heavy atom. The number of guanidine groups is 1. The summed E-state index contributed by atoms with van der Waals surface area (Å²) in [4.78, 5) is 4.97. The van der Waals surface area contributed by atoms with Gasteiger partial charge < -0.3 is 10.4 Å². The van der Waals surface area contributed by atoms with E-state index in [4.69, 9.17) is 4.99 Å². The Bertz CT molecular complexity index is 680. The van der Waals surface area contributed by atoms with Crippen LogP contribution in [0.5, 0.6) is 0 Å². The largest absolute Gasteiger partial charge is 0.334 e. The minimum Gasteiger partial charge on any atom is -0.334 e. The van der Waals surface area contributed by atoms with E-state index in [1.165, 1.54) is 11.1 Å². The number of rotatable bonds is 5. The number of anilines is 1. The Morgan fingerprint density at radius 2 is 1.40 bits per heavy atom. The Balaban J connectivity index is 2.39. The van der Waals surface area contributed by atoms with E-state index in [9.17, 15) is 0 Å². The first-order chi connectivity index (χ1) is 11.9. The highest BCUT2D eigenvalue weighted by Crippen LogP contribution is 2.41. The lowest BCUT2D eigenvalue weighted by Gasteiger charge is -2.28. The summed E-state index contributed by atoms with van der Waals surface area (Å²) in [5, 5.41) is 7.19. The average molecular weight is 355 g/mol. The summed E-state index contributed by atoms with van der Waals surface area (Å²) in [7, 11) is -0.373. The van der Waals surface area contributed by atoms with Gasteiger partial charge in [-0.25, -0.2) is 4.99 Å². The molecule has 3 nitrogen and oxygen atoms in total. The molecule has 2 aromatic rings. The van der Waals surface area contributed by atoms with Crippen LogP contribution in [0.2, 0.25) is 0 Å². The van der Waals surface area contributed by atoms with Gasteiger partial charge in [0.15, 0.2) is 0 Å². The van der Waals surface area contributed by atoms with Gasteiger partial charge in [0, 0.05) is 5.69 Å². The maximum absolute atomic E-state index is 4.97. The molecule has 2 aromatic carbocycles. The first-order valence-electron chi connectivity index (χ1n) is 8.90. The normalized spacial score (nSPS) is 12.1. The second-order valence-corrected chi connectivity index (χ2v) is 10.0. The van der Waals surface area contributed by atoms with E-state index < -0.39 is 0 Å². The second-order valence-electron chi connectivity index (χ2n) is 6.90. The topological polar surface area (TPSA) is 36.4 Å². The van der Waals surface area contributed by atoms with Crippen LogP contribution >= 0.6 is 8.07 Å². The van der Waals surface area contributed by atoms with Gasteiger partial charge >= 0.3 is 0 Å². The minimum atomic E-state index is -0.373. The number of hydrogen-bond donors (Lipinski definition) is 2. The smallest absolute Gasteiger partial charge is 0.204 e. The molecule has 0 heterocycles. The van der Waals surface area contributed by atoms with Gasteiger partial charge in [0.25, 0.3) is 0 Å². The molecule has 0 saturated carbocycles. The predicted octanol–water partition coefficient (Wildman–Crippen LogP) is 6.21. The van der Waals surface area contributed by atoms with Crippen molar-refractivity contribution in [3.8, 4) is 0 Å². The lowest BCUT2D eigenvalue weighted by Crippen LogP contribution is -2.31. The SMILES string of the molecule is Cc1cccc(C)c1/N=C(\Nc1ccccc1)NP(C(C)C)C(C)C. The molecule has 134 valence electrons. The molecule has 0 saturated heterocycles. The summed E-state index contributed by atoms with van der Waals surface area (Å²) in [5.41, 5.74) is 5.62. The van der Waals surface area contributed by atoms with Gasteiger partial charge in [-0.3, -0.25) is 0 Å². The molecule has 0 atom stereocenters. The van der Waals surface area contributed by atoms with Gasteiger partial charge in [-0.15, -0.1) is 0 Å². The quantitative estimate of drug-likeness (QED) is 0.380. The van der Waals surface area contributed by atoms with Crippen molar-refractivity contribution in [2.75, 3.05) is 5.32 Å². The standard InChI is InChI=1S/C21H30N3P/c1-15(2)25(16(3)4)24-21(22-19-13-8-7-9-14-19)23-20-17(5)11-10-12-18(20)6/h7-16H,1-6H3,(H2,22,23,24). The van der Waals surface area contributed by atoms with Crippen LogP contribution in [0.1, 0.15) is 38.8 Å². The van der Waals surface area contributed by atoms with Crippen molar-refractivity contribution in [2.45, 2.75) is 52.9 Å². The average Bonchev–Trinajstić information content (AvgIpc) is 2.56. The van der Waals surface area contributed by atoms with E-state index in [1.54, 1.807) is 0 Å². The van der Waals surface area contributed by atoms with Crippen LogP contribution in [0.15, 0.2) is 53.5 Å².